The molecule has 0 aromatic carbocycles. The summed E-state index contributed by atoms with van der Waals surface area (Å²) in [5.74, 6) is -0.249. The molecule has 1 unspecified atom stereocenters. The standard InChI is InChI=1S/C16H28N2O3/c1-3-18(14-6-4-5-7-14)15(19)12-17-11-10-13(2)8-9-16(20)21/h6,13,17H,3-5,7-12H2,1-2H3,(H,20,21). The zero-order chi connectivity index (χ0) is 15.7. The fourth-order valence-corrected chi connectivity index (χ4v) is 2.59. The van der Waals surface area contributed by atoms with Crippen molar-refractivity contribution in [1.29, 1.82) is 0 Å². The van der Waals surface area contributed by atoms with Gasteiger partial charge in [-0.3, -0.25) is 9.59 Å². The molecule has 0 fully saturated rings. The maximum atomic E-state index is 12.2. The fourth-order valence-electron chi connectivity index (χ4n) is 2.59. The molecule has 21 heavy (non-hydrogen) atoms. The molecule has 1 rings (SSSR count). The van der Waals surface area contributed by atoms with Gasteiger partial charge in [-0.15, -0.1) is 0 Å². The van der Waals surface area contributed by atoms with Gasteiger partial charge in [-0.1, -0.05) is 13.0 Å². The summed E-state index contributed by atoms with van der Waals surface area (Å²) >= 11 is 0. The van der Waals surface area contributed by atoms with E-state index in [1.54, 1.807) is 0 Å². The van der Waals surface area contributed by atoms with E-state index in [2.05, 4.69) is 11.4 Å². The van der Waals surface area contributed by atoms with Crippen molar-refractivity contribution in [2.45, 2.75) is 52.4 Å². The summed E-state index contributed by atoms with van der Waals surface area (Å²) in [6, 6.07) is 0. The molecule has 5 nitrogen and oxygen atoms in total. The largest absolute Gasteiger partial charge is 0.481 e. The highest BCUT2D eigenvalue weighted by molar-refractivity contribution is 5.80. The predicted molar refractivity (Wildman–Crippen MR) is 82.8 cm³/mol. The van der Waals surface area contributed by atoms with Crippen LogP contribution in [0.15, 0.2) is 11.8 Å². The Bertz CT molecular complexity index is 380. The van der Waals surface area contributed by atoms with E-state index in [1.807, 2.05) is 18.7 Å². The van der Waals surface area contributed by atoms with Crippen molar-refractivity contribution < 1.29 is 14.7 Å². The average Bonchev–Trinajstić information content (AvgIpc) is 2.96. The van der Waals surface area contributed by atoms with Crippen LogP contribution in [-0.2, 0) is 9.59 Å². The maximum Gasteiger partial charge on any atom is 0.303 e. The number of amides is 1. The van der Waals surface area contributed by atoms with Crippen molar-refractivity contribution >= 4 is 11.9 Å². The number of nitrogens with one attached hydrogen (secondary N) is 1. The van der Waals surface area contributed by atoms with Crippen LogP contribution < -0.4 is 5.32 Å². The lowest BCUT2D eigenvalue weighted by molar-refractivity contribution is -0.137. The molecule has 0 aliphatic heterocycles. The lowest BCUT2D eigenvalue weighted by atomic mass is 10.0. The normalized spacial score (nSPS) is 15.6. The second kappa shape index (κ2) is 9.55. The van der Waals surface area contributed by atoms with E-state index < -0.39 is 5.97 Å². The molecule has 5 heteroatoms. The third-order valence-corrected chi connectivity index (χ3v) is 3.92. The van der Waals surface area contributed by atoms with E-state index in [0.29, 0.717) is 18.9 Å². The van der Waals surface area contributed by atoms with E-state index in [1.165, 1.54) is 5.70 Å². The smallest absolute Gasteiger partial charge is 0.303 e. The lowest BCUT2D eigenvalue weighted by Gasteiger charge is -2.22. The van der Waals surface area contributed by atoms with Crippen molar-refractivity contribution in [3.05, 3.63) is 11.8 Å². The van der Waals surface area contributed by atoms with E-state index in [4.69, 9.17) is 5.11 Å². The van der Waals surface area contributed by atoms with Gasteiger partial charge in [0.25, 0.3) is 0 Å². The third-order valence-electron chi connectivity index (χ3n) is 3.92. The molecule has 1 amide bonds. The Balaban J connectivity index is 2.19. The summed E-state index contributed by atoms with van der Waals surface area (Å²) in [6.07, 6.45) is 7.20. The molecule has 0 bridgehead atoms. The maximum absolute atomic E-state index is 12.2. The molecule has 0 saturated carbocycles. The number of carbonyl (C=O) groups excluding carboxylic acids is 1. The first-order valence-electron chi connectivity index (χ1n) is 7.96. The van der Waals surface area contributed by atoms with Crippen molar-refractivity contribution in [2.24, 2.45) is 5.92 Å². The van der Waals surface area contributed by atoms with Crippen LogP contribution >= 0.6 is 0 Å². The molecule has 0 aromatic rings. The van der Waals surface area contributed by atoms with Crippen LogP contribution in [0.25, 0.3) is 0 Å². The number of rotatable bonds is 10. The van der Waals surface area contributed by atoms with Gasteiger partial charge >= 0.3 is 5.97 Å². The van der Waals surface area contributed by atoms with Gasteiger partial charge in [-0.05, 0) is 51.5 Å². The van der Waals surface area contributed by atoms with Crippen LogP contribution in [0.5, 0.6) is 0 Å². The first kappa shape index (κ1) is 17.7. The van der Waals surface area contributed by atoms with Gasteiger partial charge in [0.2, 0.25) is 5.91 Å². The molecular formula is C16H28N2O3. The molecule has 120 valence electrons. The number of nitrogens with zero attached hydrogens (tertiary/aromatic N) is 1. The first-order chi connectivity index (χ1) is 10.0. The van der Waals surface area contributed by atoms with Gasteiger partial charge in [0, 0.05) is 18.7 Å². The summed E-state index contributed by atoms with van der Waals surface area (Å²) in [4.78, 5) is 24.5. The SMILES string of the molecule is CCN(C(=O)CNCCC(C)CCC(=O)O)C1=CCCC1. The molecule has 0 spiro atoms. The predicted octanol–water partition coefficient (Wildman–Crippen LogP) is 2.38. The summed E-state index contributed by atoms with van der Waals surface area (Å²) in [6.45, 7) is 5.89. The highest BCUT2D eigenvalue weighted by Crippen LogP contribution is 2.21. The first-order valence-corrected chi connectivity index (χ1v) is 7.96. The molecule has 1 aliphatic carbocycles. The van der Waals surface area contributed by atoms with Gasteiger partial charge in [0.1, 0.15) is 0 Å². The topological polar surface area (TPSA) is 69.6 Å². The zero-order valence-corrected chi connectivity index (χ0v) is 13.2. The molecule has 0 radical (unpaired) electrons. The van der Waals surface area contributed by atoms with Crippen LogP contribution in [0.3, 0.4) is 0 Å². The van der Waals surface area contributed by atoms with Crippen LogP contribution in [0.1, 0.15) is 52.4 Å². The van der Waals surface area contributed by atoms with Crippen molar-refractivity contribution in [3.63, 3.8) is 0 Å². The van der Waals surface area contributed by atoms with Crippen LogP contribution in [0.4, 0.5) is 0 Å². The van der Waals surface area contributed by atoms with Gasteiger partial charge in [0.15, 0.2) is 0 Å². The van der Waals surface area contributed by atoms with Crippen LogP contribution in [0.2, 0.25) is 0 Å². The van der Waals surface area contributed by atoms with E-state index in [0.717, 1.165) is 38.8 Å². The number of likely N-dealkylation sites (N-methyl/N-ethyl adjacent to an activating group) is 1. The molecule has 0 heterocycles. The van der Waals surface area contributed by atoms with E-state index >= 15 is 0 Å². The number of aliphatic carboxylic acids is 1. The Morgan fingerprint density at radius 3 is 2.76 bits per heavy atom. The van der Waals surface area contributed by atoms with Crippen molar-refractivity contribution in [3.8, 4) is 0 Å². The van der Waals surface area contributed by atoms with Crippen molar-refractivity contribution in [2.75, 3.05) is 19.6 Å². The molecule has 1 atom stereocenters. The van der Waals surface area contributed by atoms with Crippen molar-refractivity contribution in [1.82, 2.24) is 10.2 Å². The molecule has 1 aliphatic rings. The van der Waals surface area contributed by atoms with Gasteiger partial charge < -0.3 is 15.3 Å². The summed E-state index contributed by atoms with van der Waals surface area (Å²) in [5.41, 5.74) is 1.17. The summed E-state index contributed by atoms with van der Waals surface area (Å²) in [7, 11) is 0. The Morgan fingerprint density at radius 1 is 1.43 bits per heavy atom. The Labute approximate surface area is 127 Å². The number of hydrogen-bond acceptors (Lipinski definition) is 3. The summed E-state index contributed by atoms with van der Waals surface area (Å²) < 4.78 is 0. The van der Waals surface area contributed by atoms with E-state index in [9.17, 15) is 9.59 Å². The molecule has 0 saturated heterocycles. The minimum Gasteiger partial charge on any atom is -0.481 e. The quantitative estimate of drug-likeness (QED) is 0.607. The minimum atomic E-state index is -0.742. The number of carbonyl (C=O) groups is 2. The highest BCUT2D eigenvalue weighted by atomic mass is 16.4. The molecule has 0 aromatic heterocycles. The van der Waals surface area contributed by atoms with Crippen LogP contribution in [-0.4, -0.2) is 41.5 Å². The van der Waals surface area contributed by atoms with Crippen LogP contribution in [0, 0.1) is 5.92 Å². The van der Waals surface area contributed by atoms with Gasteiger partial charge in [0.05, 0.1) is 6.54 Å². The summed E-state index contributed by atoms with van der Waals surface area (Å²) in [5, 5.41) is 11.8. The average molecular weight is 296 g/mol. The number of allylic oxidation sites excluding steroid dienone is 2. The Hall–Kier alpha value is -1.36. The molecule has 2 N–H and O–H groups in total. The zero-order valence-electron chi connectivity index (χ0n) is 13.2. The highest BCUT2D eigenvalue weighted by Gasteiger charge is 2.17. The number of carboxylic acid groups (broad SMARTS) is 1. The third kappa shape index (κ3) is 6.76. The molecular weight excluding hydrogens is 268 g/mol. The second-order valence-corrected chi connectivity index (χ2v) is 5.73. The van der Waals surface area contributed by atoms with Gasteiger partial charge in [-0.2, -0.15) is 0 Å². The van der Waals surface area contributed by atoms with Gasteiger partial charge in [-0.25, -0.2) is 0 Å². The van der Waals surface area contributed by atoms with E-state index in [-0.39, 0.29) is 12.3 Å². The Kier molecular flexibility index (Phi) is 8.05. The second-order valence-electron chi connectivity index (χ2n) is 5.73. The Morgan fingerprint density at radius 2 is 2.19 bits per heavy atom. The number of carboxylic acids is 1. The lowest BCUT2D eigenvalue weighted by Crippen LogP contribution is -2.37. The fraction of sp³-hybridized carbons (Fsp3) is 0.750. The number of hydrogen-bond donors (Lipinski definition) is 2. The monoisotopic (exact) mass is 296 g/mol. The minimum absolute atomic E-state index is 0.129.